The Balaban J connectivity index is 0.000000188. The van der Waals surface area contributed by atoms with Crippen molar-refractivity contribution in [3.63, 3.8) is 0 Å². The Kier molecular flexibility index (Phi) is 11.7. The van der Waals surface area contributed by atoms with Gasteiger partial charge in [-0.1, -0.05) is 113 Å². The number of hydrogen-bond donors (Lipinski definition) is 0. The van der Waals surface area contributed by atoms with Crippen LogP contribution >= 0.6 is 11.6 Å². The van der Waals surface area contributed by atoms with E-state index < -0.39 is 0 Å². The van der Waals surface area contributed by atoms with Crippen LogP contribution in [0.3, 0.4) is 0 Å². The number of benzene rings is 3. The molecule has 0 N–H and O–H groups in total. The van der Waals surface area contributed by atoms with Gasteiger partial charge in [-0.05, 0) is 40.6 Å². The Morgan fingerprint density at radius 3 is 2.16 bits per heavy atom. The summed E-state index contributed by atoms with van der Waals surface area (Å²) in [6.07, 6.45) is 18.5. The molecule has 0 amide bonds. The topological polar surface area (TPSA) is 0 Å². The second-order valence-corrected chi connectivity index (χ2v) is 16.7. The standard InChI is InChI=1S/C29H37.C7H5Cl.C6H5.C5H5.Zr/c1-18-25-22-17-19-13-9-10-14-20(19)24(22)21-15-11-12-16-23(21)29(25,8)28(6,7)27(4,5)26(18,2)3;1-6-3-2-4-7(8)5-6;1-2-4-6-5-3-1;1-2-4-5-3-1;/h9-11,13-15,23H,12,16-17H2,1-8H3;1-5H;1-5H;1-3H,4H2;/q-1;;2*-1;. The Morgan fingerprint density at radius 2 is 1.61 bits per heavy atom. The van der Waals surface area contributed by atoms with E-state index in [1.807, 2.05) is 66.7 Å². The fourth-order valence-electron chi connectivity index (χ4n) is 8.85. The Morgan fingerprint density at radius 1 is 0.878 bits per heavy atom. The molecule has 5 aliphatic carbocycles. The molecular formula is C47H52ClZr-3. The van der Waals surface area contributed by atoms with Crippen molar-refractivity contribution in [2.45, 2.75) is 81.1 Å². The fourth-order valence-corrected chi connectivity index (χ4v) is 9.49. The molecule has 3 aromatic carbocycles. The van der Waals surface area contributed by atoms with E-state index in [-0.39, 0.29) is 21.7 Å². The SMILES string of the molecule is C[C-]1C2=C3Cc4ccccc4C3=C3C=CCCC3C2(C)C(C)(C)C(C)(C)C1(C)C.Clc1cccc([CH]=[Zr])c1.[C-]1=CC=CC1.[c-]1ccccc1. The Bertz CT molecular complexity index is 1760. The molecular weight excluding hydrogens is 691 g/mol. The maximum atomic E-state index is 5.71. The molecule has 2 atom stereocenters. The third-order valence-electron chi connectivity index (χ3n) is 13.0. The third kappa shape index (κ3) is 6.85. The predicted octanol–water partition coefficient (Wildman–Crippen LogP) is 12.8. The third-order valence-corrected chi connectivity index (χ3v) is 14.1. The Labute approximate surface area is 317 Å². The van der Waals surface area contributed by atoms with Gasteiger partial charge in [-0.15, -0.1) is 13.3 Å². The van der Waals surface area contributed by atoms with Crippen LogP contribution in [0.4, 0.5) is 0 Å². The minimum Gasteiger partial charge on any atom is -0.273 e. The first-order valence-electron chi connectivity index (χ1n) is 17.8. The van der Waals surface area contributed by atoms with Gasteiger partial charge in [0.1, 0.15) is 0 Å². The molecule has 49 heavy (non-hydrogen) atoms. The van der Waals surface area contributed by atoms with Crippen molar-refractivity contribution in [3.05, 3.63) is 166 Å². The molecule has 0 spiro atoms. The molecule has 0 nitrogen and oxygen atoms in total. The van der Waals surface area contributed by atoms with E-state index in [4.69, 9.17) is 11.6 Å². The van der Waals surface area contributed by atoms with Crippen molar-refractivity contribution >= 4 is 20.9 Å². The first-order valence-corrected chi connectivity index (χ1v) is 19.6. The van der Waals surface area contributed by atoms with Crippen LogP contribution < -0.4 is 0 Å². The van der Waals surface area contributed by atoms with Gasteiger partial charge in [-0.3, -0.25) is 6.08 Å². The zero-order chi connectivity index (χ0) is 35.5. The molecule has 0 radical (unpaired) electrons. The van der Waals surface area contributed by atoms with E-state index in [0.717, 1.165) is 17.9 Å². The van der Waals surface area contributed by atoms with Crippen molar-refractivity contribution in [2.24, 2.45) is 27.6 Å². The summed E-state index contributed by atoms with van der Waals surface area (Å²) in [5.41, 5.74) is 11.5. The maximum absolute atomic E-state index is 5.71. The van der Waals surface area contributed by atoms with Gasteiger partial charge in [0.15, 0.2) is 0 Å². The van der Waals surface area contributed by atoms with Gasteiger partial charge in [-0.2, -0.15) is 53.6 Å². The van der Waals surface area contributed by atoms with E-state index in [1.165, 1.54) is 53.8 Å². The van der Waals surface area contributed by atoms with Crippen molar-refractivity contribution in [3.8, 4) is 0 Å². The molecule has 0 heterocycles. The first-order chi connectivity index (χ1) is 23.3. The van der Waals surface area contributed by atoms with Gasteiger partial charge in [-0.25, -0.2) is 18.1 Å². The summed E-state index contributed by atoms with van der Waals surface area (Å²) < 4.78 is 2.11. The maximum Gasteiger partial charge on any atom is -0.109 e. The van der Waals surface area contributed by atoms with Crippen molar-refractivity contribution < 1.29 is 24.2 Å². The van der Waals surface area contributed by atoms with Gasteiger partial charge < -0.3 is 0 Å². The van der Waals surface area contributed by atoms with Crippen LogP contribution in [0, 0.1) is 45.6 Å². The summed E-state index contributed by atoms with van der Waals surface area (Å²) >= 11 is 7.12. The average Bonchev–Trinajstić information content (AvgIpc) is 3.81. The van der Waals surface area contributed by atoms with E-state index in [2.05, 4.69) is 114 Å². The summed E-state index contributed by atoms with van der Waals surface area (Å²) in [5.74, 6) is 2.24. The number of rotatable bonds is 1. The number of fused-ring (bicyclic) bond motifs is 6. The predicted molar refractivity (Wildman–Crippen MR) is 208 cm³/mol. The number of allylic oxidation sites excluding steroid dienone is 10. The molecule has 1 fully saturated rings. The van der Waals surface area contributed by atoms with Crippen molar-refractivity contribution in [1.82, 2.24) is 0 Å². The van der Waals surface area contributed by atoms with Gasteiger partial charge >= 0.3 is 74.4 Å². The monoisotopic (exact) mass is 741 g/mol. The number of hydrogen-bond acceptors (Lipinski definition) is 0. The van der Waals surface area contributed by atoms with E-state index >= 15 is 0 Å². The van der Waals surface area contributed by atoms with Gasteiger partial charge in [0.25, 0.3) is 0 Å². The Hall–Kier alpha value is -2.73. The summed E-state index contributed by atoms with van der Waals surface area (Å²) in [6.45, 7) is 20.3. The van der Waals surface area contributed by atoms with Crippen molar-refractivity contribution in [2.75, 3.05) is 0 Å². The van der Waals surface area contributed by atoms with E-state index in [9.17, 15) is 0 Å². The molecule has 0 aromatic heterocycles. The van der Waals surface area contributed by atoms with Crippen LogP contribution in [-0.4, -0.2) is 3.71 Å². The van der Waals surface area contributed by atoms with Gasteiger partial charge in [0.05, 0.1) is 0 Å². The summed E-state index contributed by atoms with van der Waals surface area (Å²) in [4.78, 5) is 0. The van der Waals surface area contributed by atoms with Crippen LogP contribution in [-0.2, 0) is 30.7 Å². The minimum absolute atomic E-state index is 0.164. The molecule has 1 saturated carbocycles. The summed E-state index contributed by atoms with van der Waals surface area (Å²) in [5, 5.41) is 0.811. The van der Waals surface area contributed by atoms with Crippen LogP contribution in [0.2, 0.25) is 5.02 Å². The molecule has 3 aromatic rings. The zero-order valence-electron chi connectivity index (χ0n) is 30.8. The molecule has 0 saturated heterocycles. The molecule has 2 heteroatoms. The molecule has 8 rings (SSSR count). The summed E-state index contributed by atoms with van der Waals surface area (Å²) in [7, 11) is 0. The van der Waals surface area contributed by atoms with Gasteiger partial charge in [0.2, 0.25) is 0 Å². The van der Waals surface area contributed by atoms with Gasteiger partial charge in [0, 0.05) is 0 Å². The first kappa shape index (κ1) is 37.5. The second kappa shape index (κ2) is 15.3. The average molecular weight is 744 g/mol. The van der Waals surface area contributed by atoms with Crippen molar-refractivity contribution in [1.29, 1.82) is 0 Å². The molecule has 0 bridgehead atoms. The van der Waals surface area contributed by atoms with Crippen LogP contribution in [0.25, 0.3) is 5.57 Å². The largest absolute Gasteiger partial charge is 0.273 e. The van der Waals surface area contributed by atoms with Crippen LogP contribution in [0.5, 0.6) is 0 Å². The van der Waals surface area contributed by atoms with Crippen LogP contribution in [0.15, 0.2) is 126 Å². The molecule has 5 aliphatic rings. The smallest absolute Gasteiger partial charge is 0.109 e. The number of halogens is 1. The van der Waals surface area contributed by atoms with E-state index in [0.29, 0.717) is 5.92 Å². The second-order valence-electron chi connectivity index (χ2n) is 15.5. The van der Waals surface area contributed by atoms with Crippen LogP contribution in [0.1, 0.15) is 91.3 Å². The molecule has 254 valence electrons. The molecule has 2 unspecified atom stereocenters. The minimum atomic E-state index is 0.164. The fraction of sp³-hybridized carbons (Fsp3) is 0.362. The van der Waals surface area contributed by atoms with E-state index in [1.54, 1.807) is 28.2 Å². The summed E-state index contributed by atoms with van der Waals surface area (Å²) in [6, 6.07) is 29.5. The normalized spacial score (nSPS) is 24.1. The quantitative estimate of drug-likeness (QED) is 0.218. The zero-order valence-corrected chi connectivity index (χ0v) is 34.0. The molecule has 0 aliphatic heterocycles.